The Bertz CT molecular complexity index is 1040. The summed E-state index contributed by atoms with van der Waals surface area (Å²) in [5.41, 5.74) is 3.51. The molecular formula is C24H25Br2N3OS. The molecule has 1 N–H and O–H groups in total. The molecule has 0 aromatic heterocycles. The molecule has 1 aliphatic carbocycles. The number of carbonyl (C=O) groups excluding carboxylic acids is 1. The van der Waals surface area contributed by atoms with E-state index in [1.54, 1.807) is 0 Å². The third kappa shape index (κ3) is 5.49. The van der Waals surface area contributed by atoms with Crippen molar-refractivity contribution < 1.29 is 4.79 Å². The van der Waals surface area contributed by atoms with Crippen molar-refractivity contribution in [3.63, 3.8) is 0 Å². The van der Waals surface area contributed by atoms with Crippen LogP contribution in [-0.4, -0.2) is 28.1 Å². The predicted octanol–water partition coefficient (Wildman–Crippen LogP) is 7.00. The average Bonchev–Trinajstić information content (AvgIpc) is 3.10. The van der Waals surface area contributed by atoms with Crippen molar-refractivity contribution in [1.82, 2.24) is 0 Å². The van der Waals surface area contributed by atoms with Gasteiger partial charge < -0.3 is 5.32 Å². The number of anilines is 1. The first kappa shape index (κ1) is 22.7. The highest BCUT2D eigenvalue weighted by Gasteiger charge is 2.39. The van der Waals surface area contributed by atoms with Crippen molar-refractivity contribution in [3.8, 4) is 0 Å². The molecule has 0 bridgehead atoms. The molecular weight excluding hydrogens is 538 g/mol. The van der Waals surface area contributed by atoms with Gasteiger partial charge in [-0.25, -0.2) is 4.99 Å². The van der Waals surface area contributed by atoms with Crippen molar-refractivity contribution in [2.24, 2.45) is 15.9 Å². The fourth-order valence-corrected chi connectivity index (χ4v) is 5.31. The number of aryl methyl sites for hydroxylation is 1. The van der Waals surface area contributed by atoms with E-state index in [9.17, 15) is 4.79 Å². The SMILES string of the molecule is Cc1cc(NC(=O)CSC2=NC3(CCC(C)CC3)N=C2c2ccc(Br)cc2)ccc1Br. The summed E-state index contributed by atoms with van der Waals surface area (Å²) >= 11 is 8.48. The number of amides is 1. The summed E-state index contributed by atoms with van der Waals surface area (Å²) in [6, 6.07) is 14.0. The molecule has 162 valence electrons. The molecule has 4 rings (SSSR count). The largest absolute Gasteiger partial charge is 0.325 e. The first-order chi connectivity index (χ1) is 14.8. The van der Waals surface area contributed by atoms with Gasteiger partial charge in [-0.2, -0.15) is 0 Å². The fourth-order valence-electron chi connectivity index (χ4n) is 3.92. The zero-order chi connectivity index (χ0) is 22.0. The minimum absolute atomic E-state index is 0.0391. The summed E-state index contributed by atoms with van der Waals surface area (Å²) in [5.74, 6) is 0.988. The molecule has 0 unspecified atom stereocenters. The molecule has 1 amide bonds. The van der Waals surface area contributed by atoms with Crippen molar-refractivity contribution in [2.75, 3.05) is 11.1 Å². The molecule has 7 heteroatoms. The monoisotopic (exact) mass is 561 g/mol. The normalized spacial score (nSPS) is 22.9. The highest BCUT2D eigenvalue weighted by atomic mass is 79.9. The smallest absolute Gasteiger partial charge is 0.234 e. The summed E-state index contributed by atoms with van der Waals surface area (Å²) < 4.78 is 2.06. The molecule has 1 heterocycles. The Kier molecular flexibility index (Phi) is 7.04. The van der Waals surface area contributed by atoms with E-state index in [2.05, 4.69) is 56.2 Å². The van der Waals surface area contributed by atoms with Crippen LogP contribution in [0.15, 0.2) is 61.4 Å². The maximum absolute atomic E-state index is 12.6. The van der Waals surface area contributed by atoms with Gasteiger partial charge in [0.15, 0.2) is 5.66 Å². The molecule has 1 spiro atoms. The topological polar surface area (TPSA) is 53.8 Å². The Labute approximate surface area is 204 Å². The van der Waals surface area contributed by atoms with Crippen LogP contribution in [0.5, 0.6) is 0 Å². The summed E-state index contributed by atoms with van der Waals surface area (Å²) in [6.45, 7) is 4.31. The van der Waals surface area contributed by atoms with E-state index in [1.165, 1.54) is 11.8 Å². The molecule has 0 saturated heterocycles. The van der Waals surface area contributed by atoms with E-state index in [0.29, 0.717) is 5.75 Å². The van der Waals surface area contributed by atoms with E-state index in [-0.39, 0.29) is 11.6 Å². The number of carbonyl (C=O) groups is 1. The summed E-state index contributed by atoms with van der Waals surface area (Å²) in [4.78, 5) is 22.8. The summed E-state index contributed by atoms with van der Waals surface area (Å²) in [7, 11) is 0. The van der Waals surface area contributed by atoms with E-state index in [0.717, 1.165) is 68.1 Å². The van der Waals surface area contributed by atoms with Crippen LogP contribution in [-0.2, 0) is 4.79 Å². The summed E-state index contributed by atoms with van der Waals surface area (Å²) in [6.07, 6.45) is 4.23. The highest BCUT2D eigenvalue weighted by molar-refractivity contribution is 9.10. The Morgan fingerprint density at radius 1 is 1.13 bits per heavy atom. The first-order valence-corrected chi connectivity index (χ1v) is 13.1. The van der Waals surface area contributed by atoms with Crippen LogP contribution in [0.25, 0.3) is 0 Å². The standard InChI is InChI=1S/C24H25Br2N3OS/c1-15-9-11-24(12-10-15)28-22(17-3-5-18(25)6-4-17)23(29-24)31-14-21(30)27-19-7-8-20(26)16(2)13-19/h3-8,13,15H,9-12,14H2,1-2H3,(H,27,30). The highest BCUT2D eigenvalue weighted by Crippen LogP contribution is 2.40. The second-order valence-corrected chi connectivity index (χ2v) is 11.1. The number of nitrogens with zero attached hydrogens (tertiary/aromatic N) is 2. The van der Waals surface area contributed by atoms with Crippen molar-refractivity contribution in [1.29, 1.82) is 0 Å². The molecule has 2 aromatic carbocycles. The molecule has 0 atom stereocenters. The lowest BCUT2D eigenvalue weighted by molar-refractivity contribution is -0.113. The second-order valence-electron chi connectivity index (χ2n) is 8.35. The maximum Gasteiger partial charge on any atom is 0.234 e. The van der Waals surface area contributed by atoms with Crippen molar-refractivity contribution in [2.45, 2.75) is 45.2 Å². The van der Waals surface area contributed by atoms with Gasteiger partial charge >= 0.3 is 0 Å². The van der Waals surface area contributed by atoms with Gasteiger partial charge in [-0.05, 0) is 74.4 Å². The first-order valence-electron chi connectivity index (χ1n) is 10.5. The van der Waals surface area contributed by atoms with Crippen LogP contribution in [0.3, 0.4) is 0 Å². The van der Waals surface area contributed by atoms with Gasteiger partial charge in [-0.3, -0.25) is 9.79 Å². The third-order valence-electron chi connectivity index (χ3n) is 5.81. The lowest BCUT2D eigenvalue weighted by Gasteiger charge is -2.30. The number of hydrogen-bond donors (Lipinski definition) is 1. The Morgan fingerprint density at radius 3 is 2.52 bits per heavy atom. The average molecular weight is 563 g/mol. The number of nitrogens with one attached hydrogen (secondary N) is 1. The Balaban J connectivity index is 1.50. The van der Waals surface area contributed by atoms with E-state index < -0.39 is 0 Å². The quantitative estimate of drug-likeness (QED) is 0.436. The van der Waals surface area contributed by atoms with Gasteiger partial charge in [0.2, 0.25) is 5.91 Å². The number of benzene rings is 2. The number of aliphatic imine (C=N–C) groups is 2. The number of hydrogen-bond acceptors (Lipinski definition) is 4. The van der Waals surface area contributed by atoms with Gasteiger partial charge in [0.1, 0.15) is 5.04 Å². The Hall–Kier alpha value is -1.44. The minimum Gasteiger partial charge on any atom is -0.325 e. The van der Waals surface area contributed by atoms with Crippen LogP contribution in [0.1, 0.15) is 43.7 Å². The van der Waals surface area contributed by atoms with Crippen LogP contribution in [0.4, 0.5) is 5.69 Å². The maximum atomic E-state index is 12.6. The molecule has 2 aromatic rings. The lowest BCUT2D eigenvalue weighted by Crippen LogP contribution is -2.28. The number of rotatable bonds is 4. The van der Waals surface area contributed by atoms with E-state index >= 15 is 0 Å². The van der Waals surface area contributed by atoms with Gasteiger partial charge in [-0.1, -0.05) is 62.7 Å². The molecule has 1 saturated carbocycles. The minimum atomic E-state index is -0.351. The lowest BCUT2D eigenvalue weighted by atomic mass is 9.83. The third-order valence-corrected chi connectivity index (χ3v) is 8.19. The second kappa shape index (κ2) is 9.59. The molecule has 31 heavy (non-hydrogen) atoms. The van der Waals surface area contributed by atoms with Gasteiger partial charge in [0, 0.05) is 20.2 Å². The van der Waals surface area contributed by atoms with E-state index in [1.807, 2.05) is 37.3 Å². The molecule has 2 aliphatic rings. The molecule has 4 nitrogen and oxygen atoms in total. The fraction of sp³-hybridized carbons (Fsp3) is 0.375. The molecule has 1 fully saturated rings. The zero-order valence-electron chi connectivity index (χ0n) is 17.6. The van der Waals surface area contributed by atoms with Crippen LogP contribution in [0.2, 0.25) is 0 Å². The number of halogens is 2. The summed E-state index contributed by atoms with van der Waals surface area (Å²) in [5, 5.41) is 3.87. The number of thioether (sulfide) groups is 1. The van der Waals surface area contributed by atoms with Crippen LogP contribution in [0, 0.1) is 12.8 Å². The Morgan fingerprint density at radius 2 is 1.84 bits per heavy atom. The van der Waals surface area contributed by atoms with Crippen molar-refractivity contribution >= 4 is 66.0 Å². The van der Waals surface area contributed by atoms with Gasteiger partial charge in [-0.15, -0.1) is 0 Å². The molecule has 1 aliphatic heterocycles. The van der Waals surface area contributed by atoms with Crippen LogP contribution < -0.4 is 5.32 Å². The van der Waals surface area contributed by atoms with E-state index in [4.69, 9.17) is 9.98 Å². The zero-order valence-corrected chi connectivity index (χ0v) is 21.6. The van der Waals surface area contributed by atoms with Gasteiger partial charge in [0.25, 0.3) is 0 Å². The van der Waals surface area contributed by atoms with Crippen molar-refractivity contribution in [3.05, 3.63) is 62.5 Å². The van der Waals surface area contributed by atoms with Gasteiger partial charge in [0.05, 0.1) is 11.5 Å². The van der Waals surface area contributed by atoms with Crippen LogP contribution >= 0.6 is 43.6 Å². The molecule has 0 radical (unpaired) electrons. The predicted molar refractivity (Wildman–Crippen MR) is 138 cm³/mol.